The van der Waals surface area contributed by atoms with Crippen LogP contribution in [0.4, 0.5) is 0 Å². The number of benzene rings is 1. The highest BCUT2D eigenvalue weighted by Crippen LogP contribution is 2.22. The largest absolute Gasteiger partial charge is 0.496 e. The molecule has 0 saturated heterocycles. The van der Waals surface area contributed by atoms with Gasteiger partial charge in [-0.15, -0.1) is 0 Å². The van der Waals surface area contributed by atoms with Gasteiger partial charge in [0.15, 0.2) is 0 Å². The van der Waals surface area contributed by atoms with Crippen LogP contribution in [0.2, 0.25) is 5.02 Å². The summed E-state index contributed by atoms with van der Waals surface area (Å²) in [5.74, 6) is 0.116. The number of hydrogen-bond donors (Lipinski definition) is 1. The Hall–Kier alpha value is -2.34. The number of nitrogens with zero attached hydrogens (tertiary/aromatic N) is 2. The third-order valence-electron chi connectivity index (χ3n) is 2.80. The van der Waals surface area contributed by atoms with E-state index in [2.05, 4.69) is 10.4 Å². The fourth-order valence-electron chi connectivity index (χ4n) is 1.78. The SMILES string of the molecule is COc1ccc(Cl)cc1C(=O)NCCn1ncccc1=O. The van der Waals surface area contributed by atoms with Crippen molar-refractivity contribution in [2.75, 3.05) is 13.7 Å². The molecule has 2 rings (SSSR count). The van der Waals surface area contributed by atoms with E-state index < -0.39 is 0 Å². The molecular formula is C14H14ClN3O3. The normalized spacial score (nSPS) is 10.2. The Morgan fingerprint density at radius 3 is 2.95 bits per heavy atom. The summed E-state index contributed by atoms with van der Waals surface area (Å²) in [5, 5.41) is 7.05. The molecule has 0 bridgehead atoms. The van der Waals surface area contributed by atoms with Crippen molar-refractivity contribution in [3.05, 3.63) is 57.5 Å². The van der Waals surface area contributed by atoms with Crippen molar-refractivity contribution < 1.29 is 9.53 Å². The van der Waals surface area contributed by atoms with Crippen molar-refractivity contribution in [2.45, 2.75) is 6.54 Å². The lowest BCUT2D eigenvalue weighted by atomic mass is 10.2. The van der Waals surface area contributed by atoms with Gasteiger partial charge in [0.1, 0.15) is 5.75 Å². The fourth-order valence-corrected chi connectivity index (χ4v) is 1.96. The number of carbonyl (C=O) groups excluding carboxylic acids is 1. The molecule has 7 heteroatoms. The van der Waals surface area contributed by atoms with Gasteiger partial charge >= 0.3 is 0 Å². The number of methoxy groups -OCH3 is 1. The lowest BCUT2D eigenvalue weighted by Gasteiger charge is -2.10. The van der Waals surface area contributed by atoms with Crippen LogP contribution in [0.5, 0.6) is 5.75 Å². The van der Waals surface area contributed by atoms with E-state index in [4.69, 9.17) is 16.3 Å². The molecule has 0 unspecified atom stereocenters. The maximum atomic E-state index is 12.1. The number of hydrogen-bond acceptors (Lipinski definition) is 4. The van der Waals surface area contributed by atoms with E-state index in [9.17, 15) is 9.59 Å². The van der Waals surface area contributed by atoms with E-state index in [1.54, 1.807) is 18.2 Å². The number of aromatic nitrogens is 2. The molecule has 1 aromatic heterocycles. The molecule has 6 nitrogen and oxygen atoms in total. The van der Waals surface area contributed by atoms with Crippen molar-refractivity contribution >= 4 is 17.5 Å². The molecule has 0 saturated carbocycles. The molecule has 1 amide bonds. The molecule has 0 atom stereocenters. The maximum Gasteiger partial charge on any atom is 0.266 e. The third kappa shape index (κ3) is 3.82. The maximum absolute atomic E-state index is 12.1. The minimum absolute atomic E-state index is 0.216. The molecule has 0 aliphatic carbocycles. The average Bonchev–Trinajstić information content (AvgIpc) is 2.49. The van der Waals surface area contributed by atoms with Crippen LogP contribution in [0, 0.1) is 0 Å². The lowest BCUT2D eigenvalue weighted by Crippen LogP contribution is -2.31. The Morgan fingerprint density at radius 1 is 1.43 bits per heavy atom. The third-order valence-corrected chi connectivity index (χ3v) is 3.04. The van der Waals surface area contributed by atoms with Gasteiger partial charge in [0.2, 0.25) is 0 Å². The first-order valence-electron chi connectivity index (χ1n) is 6.25. The monoisotopic (exact) mass is 307 g/mol. The van der Waals surface area contributed by atoms with Gasteiger partial charge in [-0.1, -0.05) is 11.6 Å². The predicted molar refractivity (Wildman–Crippen MR) is 78.8 cm³/mol. The zero-order valence-electron chi connectivity index (χ0n) is 11.4. The van der Waals surface area contributed by atoms with Crippen LogP contribution in [0.25, 0.3) is 0 Å². The Balaban J connectivity index is 2.01. The predicted octanol–water partition coefficient (Wildman–Crippen LogP) is 1.34. The molecule has 0 spiro atoms. The van der Waals surface area contributed by atoms with Gasteiger partial charge in [0, 0.05) is 23.8 Å². The summed E-state index contributed by atoms with van der Waals surface area (Å²) in [6, 6.07) is 7.77. The van der Waals surface area contributed by atoms with Crippen LogP contribution >= 0.6 is 11.6 Å². The second-order valence-corrected chi connectivity index (χ2v) is 4.62. The van der Waals surface area contributed by atoms with Crippen LogP contribution < -0.4 is 15.6 Å². The van der Waals surface area contributed by atoms with Crippen molar-refractivity contribution in [3.8, 4) is 5.75 Å². The molecular weight excluding hydrogens is 294 g/mol. The minimum atomic E-state index is -0.321. The molecule has 0 radical (unpaired) electrons. The molecule has 0 fully saturated rings. The lowest BCUT2D eigenvalue weighted by molar-refractivity contribution is 0.0948. The molecule has 2 aromatic rings. The highest BCUT2D eigenvalue weighted by molar-refractivity contribution is 6.31. The smallest absolute Gasteiger partial charge is 0.266 e. The van der Waals surface area contributed by atoms with E-state index in [-0.39, 0.29) is 24.6 Å². The molecule has 1 aromatic carbocycles. The zero-order chi connectivity index (χ0) is 15.2. The van der Waals surface area contributed by atoms with Gasteiger partial charge < -0.3 is 10.1 Å². The van der Waals surface area contributed by atoms with Gasteiger partial charge in [0.05, 0.1) is 19.2 Å². The number of rotatable bonds is 5. The van der Waals surface area contributed by atoms with Gasteiger partial charge in [0.25, 0.3) is 11.5 Å². The van der Waals surface area contributed by atoms with Gasteiger partial charge in [-0.25, -0.2) is 4.68 Å². The molecule has 1 heterocycles. The van der Waals surface area contributed by atoms with E-state index >= 15 is 0 Å². The molecule has 1 N–H and O–H groups in total. The van der Waals surface area contributed by atoms with Gasteiger partial charge in [-0.2, -0.15) is 5.10 Å². The summed E-state index contributed by atoms with van der Waals surface area (Å²) in [7, 11) is 1.48. The van der Waals surface area contributed by atoms with Crippen molar-refractivity contribution in [1.82, 2.24) is 15.1 Å². The Labute approximate surface area is 126 Å². The van der Waals surface area contributed by atoms with E-state index in [1.807, 2.05) is 0 Å². The molecule has 110 valence electrons. The van der Waals surface area contributed by atoms with Crippen molar-refractivity contribution in [3.63, 3.8) is 0 Å². The summed E-state index contributed by atoms with van der Waals surface area (Å²) in [6.45, 7) is 0.555. The zero-order valence-corrected chi connectivity index (χ0v) is 12.1. The summed E-state index contributed by atoms with van der Waals surface area (Å²) in [5.41, 5.74) is 0.130. The summed E-state index contributed by atoms with van der Waals surface area (Å²) < 4.78 is 6.39. The summed E-state index contributed by atoms with van der Waals surface area (Å²) >= 11 is 5.88. The summed E-state index contributed by atoms with van der Waals surface area (Å²) in [6.07, 6.45) is 1.52. The summed E-state index contributed by atoms with van der Waals surface area (Å²) in [4.78, 5) is 23.6. The number of amides is 1. The fraction of sp³-hybridized carbons (Fsp3) is 0.214. The van der Waals surface area contributed by atoms with Crippen molar-refractivity contribution in [2.24, 2.45) is 0 Å². The Morgan fingerprint density at radius 2 is 2.24 bits per heavy atom. The number of ether oxygens (including phenoxy) is 1. The number of halogens is 1. The Kier molecular flexibility index (Phi) is 4.94. The first-order valence-corrected chi connectivity index (χ1v) is 6.63. The van der Waals surface area contributed by atoms with Crippen LogP contribution in [0.1, 0.15) is 10.4 Å². The first-order chi connectivity index (χ1) is 10.1. The van der Waals surface area contributed by atoms with E-state index in [0.717, 1.165) is 0 Å². The quantitative estimate of drug-likeness (QED) is 0.904. The number of nitrogens with one attached hydrogen (secondary N) is 1. The minimum Gasteiger partial charge on any atom is -0.496 e. The topological polar surface area (TPSA) is 73.2 Å². The second-order valence-electron chi connectivity index (χ2n) is 4.19. The van der Waals surface area contributed by atoms with Crippen LogP contribution in [0.3, 0.4) is 0 Å². The van der Waals surface area contributed by atoms with E-state index in [0.29, 0.717) is 16.3 Å². The second kappa shape index (κ2) is 6.90. The van der Waals surface area contributed by atoms with Gasteiger partial charge in [-0.05, 0) is 24.3 Å². The molecule has 21 heavy (non-hydrogen) atoms. The van der Waals surface area contributed by atoms with E-state index in [1.165, 1.54) is 30.1 Å². The van der Waals surface area contributed by atoms with Crippen LogP contribution in [-0.2, 0) is 6.54 Å². The average molecular weight is 308 g/mol. The standard InChI is InChI=1S/C14H14ClN3O3/c1-21-12-5-4-10(15)9-11(12)14(20)16-7-8-18-13(19)3-2-6-17-18/h2-6,9H,7-8H2,1H3,(H,16,20). The van der Waals surface area contributed by atoms with Crippen molar-refractivity contribution in [1.29, 1.82) is 0 Å². The van der Waals surface area contributed by atoms with Crippen LogP contribution in [0.15, 0.2) is 41.3 Å². The number of carbonyl (C=O) groups is 1. The molecule has 0 aliphatic rings. The highest BCUT2D eigenvalue weighted by atomic mass is 35.5. The molecule has 0 aliphatic heterocycles. The van der Waals surface area contributed by atoms with Crippen LogP contribution in [-0.4, -0.2) is 29.3 Å². The highest BCUT2D eigenvalue weighted by Gasteiger charge is 2.12. The van der Waals surface area contributed by atoms with Gasteiger partial charge in [-0.3, -0.25) is 9.59 Å². The Bertz CT molecular complexity index is 700. The first kappa shape index (κ1) is 15.1.